The van der Waals surface area contributed by atoms with E-state index in [1.165, 1.54) is 16.7 Å². The van der Waals surface area contributed by atoms with Gasteiger partial charge in [-0.15, -0.1) is 0 Å². The number of benzene rings is 1. The monoisotopic (exact) mass is 358 g/mol. The molecule has 2 rings (SSSR count). The summed E-state index contributed by atoms with van der Waals surface area (Å²) in [7, 11) is 1.60. The molecule has 2 aromatic rings. The average molecular weight is 358 g/mol. The summed E-state index contributed by atoms with van der Waals surface area (Å²) in [6.07, 6.45) is 6.78. The van der Waals surface area contributed by atoms with Gasteiger partial charge in [0.25, 0.3) is 0 Å². The van der Waals surface area contributed by atoms with Gasteiger partial charge < -0.3 is 20.4 Å². The molecule has 0 saturated heterocycles. The molecule has 3 N–H and O–H groups in total. The normalized spacial score (nSPS) is 12.0. The lowest BCUT2D eigenvalue weighted by atomic mass is 9.86. The number of aromatic amines is 1. The van der Waals surface area contributed by atoms with Crippen LogP contribution < -0.4 is 10.6 Å². The van der Waals surface area contributed by atoms with E-state index in [0.717, 1.165) is 25.0 Å². The minimum atomic E-state index is -0.176. The number of unbranched alkanes of at least 4 members (excludes halogenated alkanes) is 1. The van der Waals surface area contributed by atoms with Crippen LogP contribution in [0.2, 0.25) is 0 Å². The third-order valence-corrected chi connectivity index (χ3v) is 4.71. The van der Waals surface area contributed by atoms with E-state index in [-0.39, 0.29) is 6.03 Å². The number of urea groups is 1. The first-order valence-corrected chi connectivity index (χ1v) is 9.21. The van der Waals surface area contributed by atoms with E-state index in [2.05, 4.69) is 52.6 Å². The lowest BCUT2D eigenvalue weighted by Gasteiger charge is -2.19. The third-order valence-electron chi connectivity index (χ3n) is 4.71. The number of aryl methyl sites for hydroxylation is 1. The van der Waals surface area contributed by atoms with Crippen LogP contribution in [-0.4, -0.2) is 42.8 Å². The van der Waals surface area contributed by atoms with Crippen LogP contribution in [0.3, 0.4) is 0 Å². The molecule has 1 atom stereocenters. The van der Waals surface area contributed by atoms with E-state index in [9.17, 15) is 4.79 Å². The lowest BCUT2D eigenvalue weighted by molar-refractivity contribution is 0.132. The first-order chi connectivity index (χ1) is 12.6. The molecule has 2 amide bonds. The molecular formula is C20H30N4O2. The molecule has 26 heavy (non-hydrogen) atoms. The van der Waals surface area contributed by atoms with Crippen molar-refractivity contribution in [3.05, 3.63) is 53.1 Å². The van der Waals surface area contributed by atoms with Crippen molar-refractivity contribution in [3.8, 4) is 0 Å². The Morgan fingerprint density at radius 3 is 2.85 bits per heavy atom. The van der Waals surface area contributed by atoms with Gasteiger partial charge in [0.05, 0.1) is 12.9 Å². The first-order valence-electron chi connectivity index (χ1n) is 9.21. The third kappa shape index (κ3) is 5.88. The Labute approximate surface area is 155 Å². The molecule has 1 aromatic heterocycles. The van der Waals surface area contributed by atoms with Crippen LogP contribution >= 0.6 is 0 Å². The molecule has 0 aliphatic heterocycles. The Morgan fingerprint density at radius 1 is 1.27 bits per heavy atom. The second-order valence-corrected chi connectivity index (χ2v) is 6.46. The van der Waals surface area contributed by atoms with Crippen molar-refractivity contribution >= 4 is 6.03 Å². The predicted octanol–water partition coefficient (Wildman–Crippen LogP) is 3.27. The summed E-state index contributed by atoms with van der Waals surface area (Å²) >= 11 is 0. The summed E-state index contributed by atoms with van der Waals surface area (Å²) in [5.41, 5.74) is 5.20. The fourth-order valence-electron chi connectivity index (χ4n) is 3.07. The maximum absolute atomic E-state index is 11.0. The van der Waals surface area contributed by atoms with Gasteiger partial charge in [0.1, 0.15) is 0 Å². The molecule has 1 unspecified atom stereocenters. The van der Waals surface area contributed by atoms with Crippen molar-refractivity contribution in [3.63, 3.8) is 0 Å². The van der Waals surface area contributed by atoms with E-state index in [0.29, 0.717) is 25.7 Å². The highest BCUT2D eigenvalue weighted by molar-refractivity contribution is 5.73. The lowest BCUT2D eigenvalue weighted by Crippen LogP contribution is -2.34. The van der Waals surface area contributed by atoms with Gasteiger partial charge in [0.2, 0.25) is 0 Å². The van der Waals surface area contributed by atoms with Crippen molar-refractivity contribution in [1.29, 1.82) is 0 Å². The van der Waals surface area contributed by atoms with Crippen LogP contribution in [0, 0.1) is 13.8 Å². The number of amides is 2. The number of nitrogens with zero attached hydrogens (tertiary/aromatic N) is 1. The Morgan fingerprint density at radius 2 is 2.12 bits per heavy atom. The van der Waals surface area contributed by atoms with E-state index < -0.39 is 0 Å². The molecule has 0 aliphatic carbocycles. The standard InChI is InChI=1S/C20H30N4O2/c1-15-7-6-9-17(16(15)2)18(19-13-22-14-24-19)8-4-5-11-26-12-10-23-20(25)21-3/h6-7,9,13-14,18H,4-5,8,10-12H2,1-3H3,(H,22,24)(H2,21,23,25). The van der Waals surface area contributed by atoms with Crippen LogP contribution in [0.25, 0.3) is 0 Å². The highest BCUT2D eigenvalue weighted by Gasteiger charge is 2.17. The van der Waals surface area contributed by atoms with Crippen molar-refractivity contribution < 1.29 is 9.53 Å². The number of carbonyl (C=O) groups excluding carboxylic acids is 1. The number of hydrogen-bond acceptors (Lipinski definition) is 3. The first kappa shape index (κ1) is 20.0. The molecule has 0 bridgehead atoms. The summed E-state index contributed by atoms with van der Waals surface area (Å²) in [6.45, 7) is 6.12. The number of rotatable bonds is 10. The molecule has 1 heterocycles. The minimum Gasteiger partial charge on any atom is -0.380 e. The van der Waals surface area contributed by atoms with Crippen LogP contribution in [0.15, 0.2) is 30.7 Å². The summed E-state index contributed by atoms with van der Waals surface area (Å²) in [4.78, 5) is 18.5. The number of nitrogens with one attached hydrogen (secondary N) is 3. The van der Waals surface area contributed by atoms with E-state index in [1.54, 1.807) is 13.4 Å². The summed E-state index contributed by atoms with van der Waals surface area (Å²) in [5.74, 6) is 0.326. The largest absolute Gasteiger partial charge is 0.380 e. The maximum Gasteiger partial charge on any atom is 0.314 e. The maximum atomic E-state index is 11.0. The van der Waals surface area contributed by atoms with E-state index in [1.807, 2.05) is 6.20 Å². The Balaban J connectivity index is 1.80. The Bertz CT molecular complexity index is 670. The van der Waals surface area contributed by atoms with Gasteiger partial charge in [-0.25, -0.2) is 9.78 Å². The molecule has 0 fully saturated rings. The van der Waals surface area contributed by atoms with Gasteiger partial charge in [-0.2, -0.15) is 0 Å². The van der Waals surface area contributed by atoms with Gasteiger partial charge in [-0.05, 0) is 43.4 Å². The predicted molar refractivity (Wildman–Crippen MR) is 103 cm³/mol. The number of imidazole rings is 1. The Hall–Kier alpha value is -2.34. The van der Waals surface area contributed by atoms with Crippen molar-refractivity contribution in [2.24, 2.45) is 0 Å². The van der Waals surface area contributed by atoms with Crippen molar-refractivity contribution in [1.82, 2.24) is 20.6 Å². The number of H-pyrrole nitrogens is 1. The van der Waals surface area contributed by atoms with E-state index in [4.69, 9.17) is 4.74 Å². The van der Waals surface area contributed by atoms with Crippen LogP contribution in [-0.2, 0) is 4.74 Å². The smallest absolute Gasteiger partial charge is 0.314 e. The fourth-order valence-corrected chi connectivity index (χ4v) is 3.07. The second kappa shape index (κ2) is 10.6. The van der Waals surface area contributed by atoms with Crippen LogP contribution in [0.5, 0.6) is 0 Å². The quantitative estimate of drug-likeness (QED) is 0.570. The van der Waals surface area contributed by atoms with Gasteiger partial charge in [0, 0.05) is 38.0 Å². The SMILES string of the molecule is CNC(=O)NCCOCCCCC(c1cnc[nH]1)c1cccc(C)c1C. The highest BCUT2D eigenvalue weighted by atomic mass is 16.5. The zero-order valence-electron chi connectivity index (χ0n) is 16.0. The Kier molecular flexibility index (Phi) is 8.15. The topological polar surface area (TPSA) is 79.0 Å². The van der Waals surface area contributed by atoms with E-state index >= 15 is 0 Å². The molecule has 0 radical (unpaired) electrons. The summed E-state index contributed by atoms with van der Waals surface area (Å²) in [5, 5.41) is 5.22. The summed E-state index contributed by atoms with van der Waals surface area (Å²) in [6, 6.07) is 6.33. The molecule has 0 aliphatic rings. The molecule has 0 saturated carbocycles. The summed E-state index contributed by atoms with van der Waals surface area (Å²) < 4.78 is 5.59. The van der Waals surface area contributed by atoms with Crippen LogP contribution in [0.1, 0.15) is 47.6 Å². The molecule has 6 heteroatoms. The molecule has 142 valence electrons. The number of hydrogen-bond donors (Lipinski definition) is 3. The number of ether oxygens (including phenoxy) is 1. The molecular weight excluding hydrogens is 328 g/mol. The van der Waals surface area contributed by atoms with Crippen molar-refractivity contribution in [2.45, 2.75) is 39.0 Å². The molecule has 6 nitrogen and oxygen atoms in total. The van der Waals surface area contributed by atoms with Crippen LogP contribution in [0.4, 0.5) is 4.79 Å². The fraction of sp³-hybridized carbons (Fsp3) is 0.500. The minimum absolute atomic E-state index is 0.176. The molecule has 0 spiro atoms. The van der Waals surface area contributed by atoms with Gasteiger partial charge in [-0.3, -0.25) is 0 Å². The van der Waals surface area contributed by atoms with Crippen molar-refractivity contribution in [2.75, 3.05) is 26.8 Å². The highest BCUT2D eigenvalue weighted by Crippen LogP contribution is 2.31. The molecule has 1 aromatic carbocycles. The second-order valence-electron chi connectivity index (χ2n) is 6.46. The number of aromatic nitrogens is 2. The average Bonchev–Trinajstić information content (AvgIpc) is 3.17. The number of carbonyl (C=O) groups is 1. The zero-order chi connectivity index (χ0) is 18.8. The zero-order valence-corrected chi connectivity index (χ0v) is 16.0. The van der Waals surface area contributed by atoms with Gasteiger partial charge in [0.15, 0.2) is 0 Å². The van der Waals surface area contributed by atoms with Gasteiger partial charge in [-0.1, -0.05) is 24.6 Å². The van der Waals surface area contributed by atoms with Gasteiger partial charge >= 0.3 is 6.03 Å².